The summed E-state index contributed by atoms with van der Waals surface area (Å²) in [6, 6.07) is 16.9. The number of amides is 2. The average Bonchev–Trinajstić information content (AvgIpc) is 2.59. The van der Waals surface area contributed by atoms with Crippen LogP contribution in [0.25, 0.3) is 0 Å². The Morgan fingerprint density at radius 1 is 0.958 bits per heavy atom. The van der Waals surface area contributed by atoms with Crippen LogP contribution in [0.4, 0.5) is 16.2 Å². The van der Waals surface area contributed by atoms with E-state index in [0.717, 1.165) is 16.9 Å². The van der Waals surface area contributed by atoms with Gasteiger partial charge in [-0.05, 0) is 41.3 Å². The van der Waals surface area contributed by atoms with E-state index in [1.54, 1.807) is 48.2 Å². The van der Waals surface area contributed by atoms with Gasteiger partial charge in [0.1, 0.15) is 0 Å². The van der Waals surface area contributed by atoms with Gasteiger partial charge in [0.25, 0.3) is 0 Å². The molecule has 2 rings (SSSR count). The summed E-state index contributed by atoms with van der Waals surface area (Å²) in [5, 5.41) is 8.88. The molecule has 0 aromatic heterocycles. The van der Waals surface area contributed by atoms with Crippen LogP contribution in [0.1, 0.15) is 31.9 Å². The minimum Gasteiger partial charge on any atom is -0.297 e. The Balaban J connectivity index is 2.31. The van der Waals surface area contributed by atoms with Gasteiger partial charge in [-0.1, -0.05) is 39.0 Å². The van der Waals surface area contributed by atoms with Gasteiger partial charge in [-0.25, -0.2) is 4.79 Å². The van der Waals surface area contributed by atoms with Crippen LogP contribution >= 0.6 is 0 Å². The van der Waals surface area contributed by atoms with Crippen molar-refractivity contribution in [2.75, 3.05) is 23.9 Å². The Bertz CT molecular complexity index is 767. The molecule has 24 heavy (non-hydrogen) atoms. The minimum atomic E-state index is -0.128. The van der Waals surface area contributed by atoms with Gasteiger partial charge in [-0.3, -0.25) is 9.80 Å². The van der Waals surface area contributed by atoms with Crippen LogP contribution in [0.2, 0.25) is 0 Å². The number of nitrogens with zero attached hydrogens (tertiary/aromatic N) is 3. The van der Waals surface area contributed by atoms with Gasteiger partial charge in [-0.2, -0.15) is 5.26 Å². The summed E-state index contributed by atoms with van der Waals surface area (Å²) in [7, 11) is 3.52. The molecule has 0 fully saturated rings. The molecule has 0 aliphatic carbocycles. The standard InChI is InChI=1S/C20H23N3O/c1-20(2,3)17-8-6-7-9-18(17)23(5)19(24)22(4)16-12-10-15(14-21)11-13-16/h6-13H,1-5H3. The van der Waals surface area contributed by atoms with Gasteiger partial charge in [0.2, 0.25) is 0 Å². The first kappa shape index (κ1) is 17.6. The zero-order valence-electron chi connectivity index (χ0n) is 14.9. The second kappa shape index (κ2) is 6.76. The Kier molecular flexibility index (Phi) is 4.94. The summed E-state index contributed by atoms with van der Waals surface area (Å²) < 4.78 is 0. The lowest BCUT2D eigenvalue weighted by atomic mass is 9.85. The summed E-state index contributed by atoms with van der Waals surface area (Å²) in [4.78, 5) is 16.1. The molecule has 0 N–H and O–H groups in total. The predicted octanol–water partition coefficient (Wildman–Crippen LogP) is 4.55. The van der Waals surface area contributed by atoms with E-state index in [0.29, 0.717) is 5.56 Å². The molecule has 2 amide bonds. The number of carbonyl (C=O) groups excluding carboxylic acids is 1. The lowest BCUT2D eigenvalue weighted by molar-refractivity contribution is 0.253. The van der Waals surface area contributed by atoms with E-state index in [1.807, 2.05) is 18.2 Å². The van der Waals surface area contributed by atoms with E-state index >= 15 is 0 Å². The zero-order chi connectivity index (χ0) is 17.9. The van der Waals surface area contributed by atoms with Crippen molar-refractivity contribution < 1.29 is 4.79 Å². The fourth-order valence-electron chi connectivity index (χ4n) is 2.60. The van der Waals surface area contributed by atoms with Gasteiger partial charge in [0, 0.05) is 25.5 Å². The maximum Gasteiger partial charge on any atom is 0.328 e. The largest absolute Gasteiger partial charge is 0.328 e. The Hall–Kier alpha value is -2.80. The Morgan fingerprint density at radius 2 is 1.54 bits per heavy atom. The highest BCUT2D eigenvalue weighted by atomic mass is 16.2. The van der Waals surface area contributed by atoms with Crippen molar-refractivity contribution in [2.45, 2.75) is 26.2 Å². The van der Waals surface area contributed by atoms with Crippen LogP contribution in [-0.2, 0) is 5.41 Å². The monoisotopic (exact) mass is 321 g/mol. The van der Waals surface area contributed by atoms with Crippen molar-refractivity contribution in [1.29, 1.82) is 5.26 Å². The molecule has 0 saturated carbocycles. The van der Waals surface area contributed by atoms with Crippen molar-refractivity contribution in [3.63, 3.8) is 0 Å². The summed E-state index contributed by atoms with van der Waals surface area (Å²) in [6.07, 6.45) is 0. The molecule has 0 heterocycles. The Morgan fingerprint density at radius 3 is 2.08 bits per heavy atom. The second-order valence-corrected chi connectivity index (χ2v) is 6.83. The molecule has 0 radical (unpaired) electrons. The second-order valence-electron chi connectivity index (χ2n) is 6.83. The van der Waals surface area contributed by atoms with Crippen molar-refractivity contribution in [2.24, 2.45) is 0 Å². The first-order valence-electron chi connectivity index (χ1n) is 7.87. The van der Waals surface area contributed by atoms with Gasteiger partial charge in [0.05, 0.1) is 11.6 Å². The molecule has 0 bridgehead atoms. The van der Waals surface area contributed by atoms with Gasteiger partial charge < -0.3 is 0 Å². The zero-order valence-corrected chi connectivity index (χ0v) is 14.9. The molecule has 2 aromatic carbocycles. The van der Waals surface area contributed by atoms with E-state index in [1.165, 1.54) is 0 Å². The summed E-state index contributed by atoms with van der Waals surface area (Å²) in [5.41, 5.74) is 3.28. The molecule has 0 unspecified atom stereocenters. The molecule has 4 heteroatoms. The van der Waals surface area contributed by atoms with E-state index in [9.17, 15) is 4.79 Å². The highest BCUT2D eigenvalue weighted by molar-refractivity contribution is 6.03. The topological polar surface area (TPSA) is 47.3 Å². The third-order valence-electron chi connectivity index (χ3n) is 4.03. The highest BCUT2D eigenvalue weighted by Gasteiger charge is 2.24. The third-order valence-corrected chi connectivity index (χ3v) is 4.03. The molecule has 124 valence electrons. The summed E-state index contributed by atoms with van der Waals surface area (Å²) >= 11 is 0. The van der Waals surface area contributed by atoms with E-state index in [4.69, 9.17) is 5.26 Å². The Labute approximate surface area is 143 Å². The van der Waals surface area contributed by atoms with Crippen LogP contribution in [0.3, 0.4) is 0 Å². The third kappa shape index (κ3) is 3.57. The molecule has 0 aliphatic rings. The summed E-state index contributed by atoms with van der Waals surface area (Å²) in [6.45, 7) is 6.40. The van der Waals surface area contributed by atoms with E-state index < -0.39 is 0 Å². The number of nitriles is 1. The number of rotatable bonds is 2. The van der Waals surface area contributed by atoms with Crippen molar-refractivity contribution >= 4 is 17.4 Å². The lowest BCUT2D eigenvalue weighted by Crippen LogP contribution is -2.40. The first-order chi connectivity index (χ1) is 11.3. The smallest absolute Gasteiger partial charge is 0.297 e. The molecular weight excluding hydrogens is 298 g/mol. The van der Waals surface area contributed by atoms with Crippen molar-refractivity contribution in [1.82, 2.24) is 0 Å². The molecule has 2 aromatic rings. The number of hydrogen-bond donors (Lipinski definition) is 0. The molecule has 0 saturated heterocycles. The number of anilines is 2. The molecule has 0 aliphatic heterocycles. The van der Waals surface area contributed by atoms with Crippen molar-refractivity contribution in [3.8, 4) is 6.07 Å². The fourth-order valence-corrected chi connectivity index (χ4v) is 2.60. The molecule has 4 nitrogen and oxygen atoms in total. The van der Waals surface area contributed by atoms with E-state index in [-0.39, 0.29) is 11.4 Å². The first-order valence-corrected chi connectivity index (χ1v) is 7.87. The lowest BCUT2D eigenvalue weighted by Gasteiger charge is -2.30. The maximum absolute atomic E-state index is 12.9. The average molecular weight is 321 g/mol. The van der Waals surface area contributed by atoms with Crippen LogP contribution in [0.15, 0.2) is 48.5 Å². The highest BCUT2D eigenvalue weighted by Crippen LogP contribution is 2.32. The van der Waals surface area contributed by atoms with Crippen LogP contribution in [0.5, 0.6) is 0 Å². The van der Waals surface area contributed by atoms with Crippen molar-refractivity contribution in [3.05, 3.63) is 59.7 Å². The number of para-hydroxylation sites is 1. The van der Waals surface area contributed by atoms with Crippen LogP contribution in [-0.4, -0.2) is 20.1 Å². The van der Waals surface area contributed by atoms with Gasteiger partial charge in [0.15, 0.2) is 0 Å². The maximum atomic E-state index is 12.9. The number of benzene rings is 2. The van der Waals surface area contributed by atoms with E-state index in [2.05, 4.69) is 32.9 Å². The quantitative estimate of drug-likeness (QED) is 0.814. The van der Waals surface area contributed by atoms with Crippen LogP contribution < -0.4 is 9.80 Å². The predicted molar refractivity (Wildman–Crippen MR) is 98.5 cm³/mol. The van der Waals surface area contributed by atoms with Gasteiger partial charge in [-0.15, -0.1) is 0 Å². The molecule has 0 atom stereocenters. The fraction of sp³-hybridized carbons (Fsp3) is 0.300. The number of carbonyl (C=O) groups is 1. The minimum absolute atomic E-state index is 0.0574. The van der Waals surface area contributed by atoms with Crippen LogP contribution in [0, 0.1) is 11.3 Å². The SMILES string of the molecule is CN(C(=O)N(C)c1ccccc1C(C)(C)C)c1ccc(C#N)cc1. The van der Waals surface area contributed by atoms with Gasteiger partial charge >= 0.3 is 6.03 Å². The summed E-state index contributed by atoms with van der Waals surface area (Å²) in [5.74, 6) is 0. The normalized spacial score (nSPS) is 10.8. The number of hydrogen-bond acceptors (Lipinski definition) is 2. The molecule has 0 spiro atoms. The number of urea groups is 1. The molecular formula is C20H23N3O.